The molecule has 0 fully saturated rings. The van der Waals surface area contributed by atoms with E-state index in [-0.39, 0.29) is 10.9 Å². The van der Waals surface area contributed by atoms with Gasteiger partial charge >= 0.3 is 0 Å². The molecule has 0 heterocycles. The molecule has 0 aliphatic carbocycles. The van der Waals surface area contributed by atoms with Gasteiger partial charge in [-0.15, -0.1) is 23.5 Å². The van der Waals surface area contributed by atoms with Crippen molar-refractivity contribution >= 4 is 23.5 Å². The van der Waals surface area contributed by atoms with Crippen LogP contribution in [0.15, 0.2) is 0 Å². The molecule has 5 heteroatoms. The van der Waals surface area contributed by atoms with Crippen LogP contribution < -0.4 is 11.5 Å². The van der Waals surface area contributed by atoms with Crippen molar-refractivity contribution in [1.82, 2.24) is 0 Å². The number of thioether (sulfide) groups is 2. The zero-order valence-corrected chi connectivity index (χ0v) is 10.00. The van der Waals surface area contributed by atoms with Crippen LogP contribution >= 0.6 is 23.5 Å². The van der Waals surface area contributed by atoms with Gasteiger partial charge in [0, 0.05) is 24.6 Å². The fourth-order valence-electron chi connectivity index (χ4n) is 0.816. The third-order valence-corrected chi connectivity index (χ3v) is 3.43. The molecular formula is C8H20N2OS2. The third kappa shape index (κ3) is 8.90. The molecule has 0 saturated heterocycles. The van der Waals surface area contributed by atoms with Crippen LogP contribution in [0.2, 0.25) is 0 Å². The zero-order valence-electron chi connectivity index (χ0n) is 8.36. The lowest BCUT2D eigenvalue weighted by Gasteiger charge is -2.17. The summed E-state index contributed by atoms with van der Waals surface area (Å²) in [6.45, 7) is 5.53. The Morgan fingerprint density at radius 1 is 1.00 bits per heavy atom. The third-order valence-electron chi connectivity index (χ3n) is 1.32. The molecule has 0 aliphatic rings. The van der Waals surface area contributed by atoms with Gasteiger partial charge < -0.3 is 16.2 Å². The minimum atomic E-state index is 0.226. The van der Waals surface area contributed by atoms with Gasteiger partial charge in [-0.3, -0.25) is 0 Å². The highest BCUT2D eigenvalue weighted by molar-refractivity contribution is 8.00. The molecular weight excluding hydrogens is 204 g/mol. The van der Waals surface area contributed by atoms with E-state index in [0.29, 0.717) is 13.1 Å². The van der Waals surface area contributed by atoms with E-state index in [1.807, 2.05) is 0 Å². The quantitative estimate of drug-likeness (QED) is 0.604. The van der Waals surface area contributed by atoms with Gasteiger partial charge in [-0.1, -0.05) is 0 Å². The SMILES string of the molecule is CC(OC(C)SCCN)SCCN. The first-order chi connectivity index (χ1) is 6.20. The molecule has 0 radical (unpaired) electrons. The summed E-state index contributed by atoms with van der Waals surface area (Å²) in [4.78, 5) is 0. The van der Waals surface area contributed by atoms with E-state index < -0.39 is 0 Å². The topological polar surface area (TPSA) is 61.3 Å². The summed E-state index contributed by atoms with van der Waals surface area (Å²) in [5.41, 5.74) is 11.2. The second-order valence-corrected chi connectivity index (χ2v) is 5.40. The van der Waals surface area contributed by atoms with Crippen LogP contribution in [-0.2, 0) is 4.74 Å². The van der Waals surface area contributed by atoms with E-state index in [1.165, 1.54) is 0 Å². The Morgan fingerprint density at radius 2 is 1.38 bits per heavy atom. The van der Waals surface area contributed by atoms with Crippen LogP contribution in [0, 0.1) is 0 Å². The van der Waals surface area contributed by atoms with Gasteiger partial charge in [0.15, 0.2) is 0 Å². The molecule has 0 amide bonds. The summed E-state index contributed by atoms with van der Waals surface area (Å²) in [5, 5.41) is 0. The minimum Gasteiger partial charge on any atom is -0.354 e. The van der Waals surface area contributed by atoms with Crippen LogP contribution in [0.3, 0.4) is 0 Å². The van der Waals surface area contributed by atoms with Gasteiger partial charge in [-0.25, -0.2) is 0 Å². The molecule has 0 aliphatic heterocycles. The maximum Gasteiger partial charge on any atom is 0.101 e. The predicted octanol–water partition coefficient (Wildman–Crippen LogP) is 1.08. The van der Waals surface area contributed by atoms with Crippen LogP contribution in [0.5, 0.6) is 0 Å². The van der Waals surface area contributed by atoms with E-state index in [2.05, 4.69) is 13.8 Å². The number of ether oxygens (including phenoxy) is 1. The number of nitrogens with two attached hydrogens (primary N) is 2. The fourth-order valence-corrected chi connectivity index (χ4v) is 2.31. The lowest BCUT2D eigenvalue weighted by Crippen LogP contribution is -2.15. The van der Waals surface area contributed by atoms with Crippen molar-refractivity contribution in [2.24, 2.45) is 11.5 Å². The summed E-state index contributed by atoms with van der Waals surface area (Å²) in [6, 6.07) is 0. The van der Waals surface area contributed by atoms with Gasteiger partial charge in [0.2, 0.25) is 0 Å². The molecule has 80 valence electrons. The predicted molar refractivity (Wildman–Crippen MR) is 63.0 cm³/mol. The number of hydrogen-bond donors (Lipinski definition) is 2. The minimum absolute atomic E-state index is 0.226. The summed E-state index contributed by atoms with van der Waals surface area (Å²) in [7, 11) is 0. The maximum atomic E-state index is 5.67. The molecule has 0 rings (SSSR count). The Labute approximate surface area is 89.3 Å². The van der Waals surface area contributed by atoms with E-state index in [9.17, 15) is 0 Å². The first kappa shape index (κ1) is 13.6. The molecule has 0 spiro atoms. The maximum absolute atomic E-state index is 5.67. The van der Waals surface area contributed by atoms with E-state index in [0.717, 1.165) is 11.5 Å². The Morgan fingerprint density at radius 3 is 1.69 bits per heavy atom. The van der Waals surface area contributed by atoms with Gasteiger partial charge in [0.25, 0.3) is 0 Å². The fraction of sp³-hybridized carbons (Fsp3) is 1.00. The van der Waals surface area contributed by atoms with Crippen LogP contribution in [0.25, 0.3) is 0 Å². The molecule has 0 aromatic heterocycles. The first-order valence-corrected chi connectivity index (χ1v) is 6.59. The Balaban J connectivity index is 3.35. The number of rotatable bonds is 8. The molecule has 3 nitrogen and oxygen atoms in total. The average Bonchev–Trinajstić information content (AvgIpc) is 2.11. The van der Waals surface area contributed by atoms with E-state index in [1.54, 1.807) is 23.5 Å². The van der Waals surface area contributed by atoms with Gasteiger partial charge in [0.1, 0.15) is 10.9 Å². The normalized spacial score (nSPS) is 15.7. The molecule has 4 N–H and O–H groups in total. The van der Waals surface area contributed by atoms with Crippen LogP contribution in [0.4, 0.5) is 0 Å². The molecule has 0 bridgehead atoms. The largest absolute Gasteiger partial charge is 0.354 e. The van der Waals surface area contributed by atoms with E-state index in [4.69, 9.17) is 16.2 Å². The Kier molecular flexibility index (Phi) is 9.56. The lowest BCUT2D eigenvalue weighted by molar-refractivity contribution is 0.114. The van der Waals surface area contributed by atoms with Crippen molar-refractivity contribution < 1.29 is 4.74 Å². The van der Waals surface area contributed by atoms with Crippen molar-refractivity contribution in [3.05, 3.63) is 0 Å². The Bertz CT molecular complexity index is 104. The molecule has 2 unspecified atom stereocenters. The monoisotopic (exact) mass is 224 g/mol. The Hall–Kier alpha value is 0.580. The molecule has 13 heavy (non-hydrogen) atoms. The summed E-state index contributed by atoms with van der Waals surface area (Å²) in [5.74, 6) is 1.91. The smallest absolute Gasteiger partial charge is 0.101 e. The summed E-state index contributed by atoms with van der Waals surface area (Å²) >= 11 is 3.49. The van der Waals surface area contributed by atoms with Gasteiger partial charge in [0.05, 0.1) is 0 Å². The second kappa shape index (κ2) is 9.15. The van der Waals surface area contributed by atoms with Crippen molar-refractivity contribution in [2.45, 2.75) is 24.7 Å². The highest BCUT2D eigenvalue weighted by Crippen LogP contribution is 2.18. The molecule has 0 aromatic rings. The first-order valence-electron chi connectivity index (χ1n) is 4.49. The van der Waals surface area contributed by atoms with Crippen LogP contribution in [-0.4, -0.2) is 35.5 Å². The van der Waals surface area contributed by atoms with Crippen molar-refractivity contribution in [1.29, 1.82) is 0 Å². The summed E-state index contributed by atoms with van der Waals surface area (Å²) < 4.78 is 5.67. The molecule has 0 aromatic carbocycles. The zero-order chi connectivity index (χ0) is 10.1. The summed E-state index contributed by atoms with van der Waals surface area (Å²) in [6.07, 6.45) is 0. The number of hydrogen-bond acceptors (Lipinski definition) is 5. The standard InChI is InChI=1S/C8H20N2OS2/c1-7(12-5-3-9)11-8(2)13-6-4-10/h7-8H,3-6,9-10H2,1-2H3. The highest BCUT2D eigenvalue weighted by Gasteiger charge is 2.07. The second-order valence-electron chi connectivity index (χ2n) is 2.59. The van der Waals surface area contributed by atoms with E-state index >= 15 is 0 Å². The van der Waals surface area contributed by atoms with Crippen molar-refractivity contribution in [3.8, 4) is 0 Å². The van der Waals surface area contributed by atoms with Gasteiger partial charge in [-0.05, 0) is 13.8 Å². The average molecular weight is 224 g/mol. The van der Waals surface area contributed by atoms with Gasteiger partial charge in [-0.2, -0.15) is 0 Å². The molecule has 0 saturated carbocycles. The lowest BCUT2D eigenvalue weighted by atomic mass is 10.8. The highest BCUT2D eigenvalue weighted by atomic mass is 32.2. The van der Waals surface area contributed by atoms with Crippen molar-refractivity contribution in [2.75, 3.05) is 24.6 Å². The van der Waals surface area contributed by atoms with Crippen molar-refractivity contribution in [3.63, 3.8) is 0 Å². The molecule has 2 atom stereocenters. The van der Waals surface area contributed by atoms with Crippen LogP contribution in [0.1, 0.15) is 13.8 Å².